The summed E-state index contributed by atoms with van der Waals surface area (Å²) in [6.45, 7) is 6.73. The van der Waals surface area contributed by atoms with Crippen molar-refractivity contribution in [2.24, 2.45) is 11.3 Å². The molecular formula is C23H23Cl2NO3S2. The summed E-state index contributed by atoms with van der Waals surface area (Å²) in [7, 11) is 1.36. The van der Waals surface area contributed by atoms with Gasteiger partial charge in [-0.25, -0.2) is 4.79 Å². The lowest BCUT2D eigenvalue weighted by molar-refractivity contribution is 0.0600. The zero-order valence-corrected chi connectivity index (χ0v) is 20.9. The summed E-state index contributed by atoms with van der Waals surface area (Å²) in [5.74, 6) is -0.252. The molecule has 1 aliphatic rings. The molecule has 0 radical (unpaired) electrons. The molecule has 0 fully saturated rings. The fourth-order valence-electron chi connectivity index (χ4n) is 4.11. The van der Waals surface area contributed by atoms with E-state index in [9.17, 15) is 9.59 Å². The first-order valence-electron chi connectivity index (χ1n) is 10.0. The van der Waals surface area contributed by atoms with E-state index in [0.717, 1.165) is 34.4 Å². The van der Waals surface area contributed by atoms with Crippen LogP contribution in [0.15, 0.2) is 18.2 Å². The molecule has 0 bridgehead atoms. The quantitative estimate of drug-likeness (QED) is 0.383. The number of esters is 1. The Morgan fingerprint density at radius 3 is 2.58 bits per heavy atom. The largest absolute Gasteiger partial charge is 0.465 e. The van der Waals surface area contributed by atoms with Crippen LogP contribution >= 0.6 is 45.9 Å². The van der Waals surface area contributed by atoms with Gasteiger partial charge in [0.15, 0.2) is 0 Å². The molecule has 4 nitrogen and oxygen atoms in total. The zero-order chi connectivity index (χ0) is 22.5. The van der Waals surface area contributed by atoms with E-state index in [1.165, 1.54) is 29.8 Å². The van der Waals surface area contributed by atoms with Crippen molar-refractivity contribution < 1.29 is 14.3 Å². The molecule has 0 spiro atoms. The van der Waals surface area contributed by atoms with Gasteiger partial charge in [-0.05, 0) is 48.3 Å². The number of hydrogen-bond acceptors (Lipinski definition) is 5. The normalized spacial score (nSPS) is 16.3. The lowest BCUT2D eigenvalue weighted by atomic mass is 9.72. The molecule has 4 rings (SSSR count). The molecule has 1 amide bonds. The van der Waals surface area contributed by atoms with Crippen LogP contribution < -0.4 is 5.32 Å². The Labute approximate surface area is 199 Å². The van der Waals surface area contributed by atoms with Gasteiger partial charge in [-0.15, -0.1) is 22.7 Å². The Balaban J connectivity index is 1.71. The second-order valence-corrected chi connectivity index (χ2v) is 11.8. The van der Waals surface area contributed by atoms with Crippen LogP contribution in [0.2, 0.25) is 10.0 Å². The number of amides is 1. The number of rotatable bonds is 3. The van der Waals surface area contributed by atoms with E-state index >= 15 is 0 Å². The lowest BCUT2D eigenvalue weighted by Gasteiger charge is -2.33. The number of anilines is 1. The van der Waals surface area contributed by atoms with Crippen LogP contribution in [-0.4, -0.2) is 19.0 Å². The Kier molecular flexibility index (Phi) is 6.12. The van der Waals surface area contributed by atoms with Crippen molar-refractivity contribution in [1.29, 1.82) is 0 Å². The van der Waals surface area contributed by atoms with Crippen LogP contribution in [0.1, 0.15) is 57.7 Å². The third-order valence-electron chi connectivity index (χ3n) is 5.92. The van der Waals surface area contributed by atoms with Crippen LogP contribution in [0.5, 0.6) is 0 Å². The zero-order valence-electron chi connectivity index (χ0n) is 17.7. The molecule has 1 N–H and O–H groups in total. The van der Waals surface area contributed by atoms with E-state index in [1.54, 1.807) is 6.07 Å². The molecule has 3 aromatic rings. The maximum Gasteiger partial charge on any atom is 0.341 e. The highest BCUT2D eigenvalue weighted by atomic mass is 35.5. The summed E-state index contributed by atoms with van der Waals surface area (Å²) < 4.78 is 5.89. The van der Waals surface area contributed by atoms with E-state index in [-0.39, 0.29) is 11.3 Å². The molecule has 0 saturated carbocycles. The van der Waals surface area contributed by atoms with Crippen molar-refractivity contribution in [3.63, 3.8) is 0 Å². The van der Waals surface area contributed by atoms with Crippen molar-refractivity contribution in [3.8, 4) is 0 Å². The monoisotopic (exact) mass is 495 g/mol. The molecule has 164 valence electrons. The first-order chi connectivity index (χ1) is 14.6. The topological polar surface area (TPSA) is 55.4 Å². The lowest BCUT2D eigenvalue weighted by Crippen LogP contribution is -2.26. The predicted molar refractivity (Wildman–Crippen MR) is 130 cm³/mol. The highest BCUT2D eigenvalue weighted by molar-refractivity contribution is 7.22. The van der Waals surface area contributed by atoms with Crippen LogP contribution in [0.25, 0.3) is 10.1 Å². The predicted octanol–water partition coefficient (Wildman–Crippen LogP) is 7.46. The molecular weight excluding hydrogens is 473 g/mol. The summed E-state index contributed by atoms with van der Waals surface area (Å²) in [6.07, 6.45) is 2.70. The van der Waals surface area contributed by atoms with Gasteiger partial charge < -0.3 is 10.1 Å². The molecule has 1 aliphatic carbocycles. The molecule has 0 saturated heterocycles. The van der Waals surface area contributed by atoms with E-state index < -0.39 is 5.97 Å². The van der Waals surface area contributed by atoms with Crippen molar-refractivity contribution in [2.45, 2.75) is 40.0 Å². The van der Waals surface area contributed by atoms with E-state index in [2.05, 4.69) is 26.1 Å². The first-order valence-corrected chi connectivity index (χ1v) is 12.4. The molecule has 1 aromatic carbocycles. The van der Waals surface area contributed by atoms with Crippen LogP contribution in [-0.2, 0) is 17.6 Å². The Hall–Kier alpha value is -1.60. The van der Waals surface area contributed by atoms with Gasteiger partial charge in [-0.2, -0.15) is 0 Å². The Morgan fingerprint density at radius 2 is 1.94 bits per heavy atom. The minimum atomic E-state index is -0.424. The molecule has 0 aliphatic heterocycles. The minimum Gasteiger partial charge on any atom is -0.465 e. The average molecular weight is 496 g/mol. The van der Waals surface area contributed by atoms with Gasteiger partial charge in [0.25, 0.3) is 5.91 Å². The Morgan fingerprint density at radius 1 is 1.19 bits per heavy atom. The summed E-state index contributed by atoms with van der Waals surface area (Å²) in [5, 5.41) is 4.97. The number of ether oxygens (including phenoxy) is 1. The summed E-state index contributed by atoms with van der Waals surface area (Å²) >= 11 is 15.5. The second kappa shape index (κ2) is 8.39. The number of halogens is 2. The summed E-state index contributed by atoms with van der Waals surface area (Å²) in [6, 6.07) is 5.46. The van der Waals surface area contributed by atoms with Gasteiger partial charge in [0, 0.05) is 15.0 Å². The third-order valence-corrected chi connectivity index (χ3v) is 9.05. The number of hydrogen-bond donors (Lipinski definition) is 1. The summed E-state index contributed by atoms with van der Waals surface area (Å²) in [4.78, 5) is 27.3. The molecule has 31 heavy (non-hydrogen) atoms. The van der Waals surface area contributed by atoms with E-state index in [0.29, 0.717) is 36.8 Å². The number of carbonyl (C=O) groups excluding carboxylic acids is 2. The van der Waals surface area contributed by atoms with Crippen molar-refractivity contribution in [1.82, 2.24) is 0 Å². The number of thiophene rings is 2. The number of benzene rings is 1. The number of methoxy groups -OCH3 is 1. The van der Waals surface area contributed by atoms with Crippen molar-refractivity contribution in [3.05, 3.63) is 49.1 Å². The molecule has 2 aromatic heterocycles. The number of carbonyl (C=O) groups is 2. The maximum atomic E-state index is 13.1. The minimum absolute atomic E-state index is 0.181. The fraction of sp³-hybridized carbons (Fsp3) is 0.391. The standard InChI is InChI=1S/C23H23Cl2NO3S2/c1-23(2,3)11-8-9-12-15(10-11)31-21(16(12)22(28)29-4)26-20(27)19-18(25)17-13(24)6-5-7-14(17)30-19/h5-7,11H,8-10H2,1-4H3,(H,26,27)/t11-/m0/s1. The molecule has 1 atom stereocenters. The fourth-order valence-corrected chi connectivity index (χ4v) is 7.27. The maximum absolute atomic E-state index is 13.1. The summed E-state index contributed by atoms with van der Waals surface area (Å²) in [5.41, 5.74) is 1.65. The number of fused-ring (bicyclic) bond motifs is 2. The SMILES string of the molecule is COC(=O)c1c(NC(=O)c2sc3cccc(Cl)c3c2Cl)sc2c1CC[C@H](C(C)(C)C)C2. The van der Waals surface area contributed by atoms with Gasteiger partial charge in [-0.1, -0.05) is 50.0 Å². The van der Waals surface area contributed by atoms with E-state index in [4.69, 9.17) is 27.9 Å². The Bertz CT molecular complexity index is 1190. The number of nitrogens with one attached hydrogen (secondary N) is 1. The highest BCUT2D eigenvalue weighted by Gasteiger charge is 2.34. The third kappa shape index (κ3) is 4.11. The van der Waals surface area contributed by atoms with Crippen LogP contribution in [0, 0.1) is 11.3 Å². The van der Waals surface area contributed by atoms with Gasteiger partial charge in [0.1, 0.15) is 9.88 Å². The molecule has 8 heteroatoms. The van der Waals surface area contributed by atoms with Crippen molar-refractivity contribution >= 4 is 72.8 Å². The first kappa shape index (κ1) is 22.6. The average Bonchev–Trinajstić information content (AvgIpc) is 3.24. The van der Waals surface area contributed by atoms with Crippen LogP contribution in [0.4, 0.5) is 5.00 Å². The van der Waals surface area contributed by atoms with Gasteiger partial charge in [0.05, 0.1) is 22.7 Å². The highest BCUT2D eigenvalue weighted by Crippen LogP contribution is 2.45. The van der Waals surface area contributed by atoms with Crippen LogP contribution in [0.3, 0.4) is 0 Å². The van der Waals surface area contributed by atoms with Gasteiger partial charge >= 0.3 is 5.97 Å². The molecule has 2 heterocycles. The smallest absolute Gasteiger partial charge is 0.341 e. The van der Waals surface area contributed by atoms with Gasteiger partial charge in [0.2, 0.25) is 0 Å². The second-order valence-electron chi connectivity index (χ2n) is 8.82. The molecule has 0 unspecified atom stereocenters. The van der Waals surface area contributed by atoms with Gasteiger partial charge in [-0.3, -0.25) is 4.79 Å². The van der Waals surface area contributed by atoms with Crippen molar-refractivity contribution in [2.75, 3.05) is 12.4 Å². The van der Waals surface area contributed by atoms with E-state index in [1.807, 2.05) is 12.1 Å².